The van der Waals surface area contributed by atoms with E-state index in [2.05, 4.69) is 50.3 Å². The first-order valence-electron chi connectivity index (χ1n) is 15.5. The Bertz CT molecular complexity index is 1420. The zero-order valence-electron chi connectivity index (χ0n) is 25.4. The molecule has 3 aliphatic rings. The summed E-state index contributed by atoms with van der Waals surface area (Å²) in [5.74, 6) is 2.33. The van der Waals surface area contributed by atoms with Crippen LogP contribution in [0.15, 0.2) is 75.3 Å². The molecule has 0 atom stereocenters. The first-order valence-corrected chi connectivity index (χ1v) is 20.7. The Morgan fingerprint density at radius 1 is 0.455 bits per heavy atom. The molecule has 44 heavy (non-hydrogen) atoms. The van der Waals surface area contributed by atoms with E-state index in [1.54, 1.807) is 0 Å². The smallest absolute Gasteiger partial charge is 0.0991 e. The SMILES string of the molecule is CC1=C2SCCCCCCCCCCCCSC3=C(C)S/C(=C(c4ccc(C#N)cc4)/C(c4ccc(C#N)cc4)=C(/S1)S2)S3. The van der Waals surface area contributed by atoms with Crippen molar-refractivity contribution in [2.75, 3.05) is 11.5 Å². The molecule has 8 heteroatoms. The van der Waals surface area contributed by atoms with Gasteiger partial charge in [0.05, 0.1) is 40.2 Å². The van der Waals surface area contributed by atoms with Crippen molar-refractivity contribution < 1.29 is 0 Å². The third-order valence-electron chi connectivity index (χ3n) is 7.71. The number of thioether (sulfide) groups is 6. The Labute approximate surface area is 289 Å². The molecule has 2 aromatic carbocycles. The van der Waals surface area contributed by atoms with Crippen LogP contribution in [-0.2, 0) is 0 Å². The van der Waals surface area contributed by atoms with E-state index in [1.165, 1.54) is 114 Å². The normalized spacial score (nSPS) is 23.1. The quantitative estimate of drug-likeness (QED) is 0.309. The number of nitriles is 2. The van der Waals surface area contributed by atoms with Crippen LogP contribution in [0.5, 0.6) is 0 Å². The molecule has 2 aromatic rings. The molecule has 0 radical (unpaired) electrons. The van der Waals surface area contributed by atoms with Gasteiger partial charge in [-0.05, 0) is 73.6 Å². The Balaban J connectivity index is 1.57. The zero-order chi connectivity index (χ0) is 30.7. The molecule has 228 valence electrons. The number of allylic oxidation sites excluding steroid dienone is 4. The minimum Gasteiger partial charge on any atom is -0.192 e. The fraction of sp³-hybridized carbons (Fsp3) is 0.389. The molecule has 0 unspecified atom stereocenters. The number of hydrogen-bond acceptors (Lipinski definition) is 8. The average Bonchev–Trinajstić information content (AvgIpc) is 3.60. The molecule has 0 aliphatic carbocycles. The summed E-state index contributed by atoms with van der Waals surface area (Å²) >= 11 is 11.6. The first kappa shape index (κ1) is 33.8. The summed E-state index contributed by atoms with van der Waals surface area (Å²) in [5, 5.41) is 19.1. The highest BCUT2D eigenvalue weighted by Gasteiger charge is 2.30. The van der Waals surface area contributed by atoms with Gasteiger partial charge in [0.1, 0.15) is 0 Å². The van der Waals surface area contributed by atoms with Crippen LogP contribution in [0.1, 0.15) is 100 Å². The molecular weight excluding hydrogens is 653 g/mol. The number of rotatable bonds is 2. The van der Waals surface area contributed by atoms with E-state index in [4.69, 9.17) is 0 Å². The molecule has 3 heterocycles. The van der Waals surface area contributed by atoms with Crippen molar-refractivity contribution in [2.45, 2.75) is 78.1 Å². The summed E-state index contributed by atoms with van der Waals surface area (Å²) < 4.78 is 5.42. The fourth-order valence-electron chi connectivity index (χ4n) is 5.28. The Kier molecular flexibility index (Phi) is 13.4. The van der Waals surface area contributed by atoms with Crippen molar-refractivity contribution in [3.63, 3.8) is 0 Å². The van der Waals surface area contributed by atoms with Gasteiger partial charge in [-0.2, -0.15) is 10.5 Å². The van der Waals surface area contributed by atoms with Gasteiger partial charge in [-0.3, -0.25) is 0 Å². The highest BCUT2D eigenvalue weighted by Crippen LogP contribution is 2.62. The third-order valence-corrected chi connectivity index (χ3v) is 16.1. The lowest BCUT2D eigenvalue weighted by Crippen LogP contribution is -1.96. The van der Waals surface area contributed by atoms with Gasteiger partial charge in [-0.15, -0.1) is 23.5 Å². The van der Waals surface area contributed by atoms with Crippen LogP contribution in [0.3, 0.4) is 0 Å². The second kappa shape index (κ2) is 17.4. The van der Waals surface area contributed by atoms with E-state index in [9.17, 15) is 10.5 Å². The Morgan fingerprint density at radius 2 is 0.795 bits per heavy atom. The molecular formula is C36H38N2S6. The maximum absolute atomic E-state index is 9.54. The molecule has 4 bridgehead atoms. The monoisotopic (exact) mass is 690 g/mol. The highest BCUT2D eigenvalue weighted by atomic mass is 32.2. The molecule has 0 amide bonds. The number of nitrogens with zero attached hydrogens (tertiary/aromatic N) is 2. The molecule has 2 nitrogen and oxygen atoms in total. The largest absolute Gasteiger partial charge is 0.192 e. The van der Waals surface area contributed by atoms with Gasteiger partial charge >= 0.3 is 0 Å². The summed E-state index contributed by atoms with van der Waals surface area (Å²) in [5.41, 5.74) is 6.03. The van der Waals surface area contributed by atoms with E-state index in [0.29, 0.717) is 11.1 Å². The third kappa shape index (κ3) is 9.05. The molecule has 5 rings (SSSR count). The molecule has 0 fully saturated rings. The maximum Gasteiger partial charge on any atom is 0.0991 e. The predicted octanol–water partition coefficient (Wildman–Crippen LogP) is 13.2. The fourth-order valence-corrected chi connectivity index (χ4v) is 13.9. The van der Waals surface area contributed by atoms with Crippen molar-refractivity contribution in [3.8, 4) is 12.1 Å². The van der Waals surface area contributed by atoms with Crippen molar-refractivity contribution in [1.82, 2.24) is 0 Å². The summed E-state index contributed by atoms with van der Waals surface area (Å²) in [6, 6.07) is 20.8. The van der Waals surface area contributed by atoms with Crippen molar-refractivity contribution in [1.29, 1.82) is 10.5 Å². The predicted molar refractivity (Wildman–Crippen MR) is 203 cm³/mol. The summed E-state index contributed by atoms with van der Waals surface area (Å²) in [4.78, 5) is 2.75. The van der Waals surface area contributed by atoms with E-state index in [0.717, 1.165) is 11.1 Å². The summed E-state index contributed by atoms with van der Waals surface area (Å²) in [7, 11) is 0. The lowest BCUT2D eigenvalue weighted by Gasteiger charge is -2.19. The summed E-state index contributed by atoms with van der Waals surface area (Å²) in [6.45, 7) is 4.53. The molecule has 0 N–H and O–H groups in total. The van der Waals surface area contributed by atoms with Gasteiger partial charge in [0.25, 0.3) is 0 Å². The van der Waals surface area contributed by atoms with Crippen LogP contribution in [0.4, 0.5) is 0 Å². The van der Waals surface area contributed by atoms with E-state index in [1.807, 2.05) is 94.8 Å². The highest BCUT2D eigenvalue weighted by molar-refractivity contribution is 8.36. The average molecular weight is 691 g/mol. The molecule has 0 saturated carbocycles. The molecule has 3 aliphatic heterocycles. The van der Waals surface area contributed by atoms with Crippen LogP contribution in [0, 0.1) is 22.7 Å². The van der Waals surface area contributed by atoms with Crippen molar-refractivity contribution in [3.05, 3.63) is 97.5 Å². The van der Waals surface area contributed by atoms with Gasteiger partial charge < -0.3 is 0 Å². The number of benzene rings is 2. The molecule has 0 spiro atoms. The zero-order valence-corrected chi connectivity index (χ0v) is 30.3. The first-order chi connectivity index (χ1) is 21.6. The summed E-state index contributed by atoms with van der Waals surface area (Å²) in [6.07, 6.45) is 13.4. The Hall–Kier alpha value is -1.52. The van der Waals surface area contributed by atoms with Gasteiger partial charge in [0.2, 0.25) is 0 Å². The number of hydrogen-bond donors (Lipinski definition) is 0. The van der Waals surface area contributed by atoms with Crippen LogP contribution >= 0.6 is 70.6 Å². The van der Waals surface area contributed by atoms with Gasteiger partial charge in [-0.25, -0.2) is 0 Å². The van der Waals surface area contributed by atoms with Crippen LogP contribution < -0.4 is 0 Å². The van der Waals surface area contributed by atoms with Crippen LogP contribution in [0.25, 0.3) is 11.1 Å². The minimum absolute atomic E-state index is 0.670. The van der Waals surface area contributed by atoms with E-state index < -0.39 is 0 Å². The number of fused-ring (bicyclic) bond motifs is 4. The van der Waals surface area contributed by atoms with Crippen molar-refractivity contribution >= 4 is 81.7 Å². The standard InChI is InChI=1S/C36H38N2S6/c1-25-33-39-21-11-9-7-5-3-4-6-8-10-12-22-40-34-26(2)42-36(44-34)32(30-19-15-28(24-38)16-20-30)31(35(41-25)43-33)29-17-13-27(23-37)14-18-29/h13-20H,3-12,21-22H2,1-2H3/b35-31-,36-32-. The second-order valence-electron chi connectivity index (χ2n) is 11.0. The lowest BCUT2D eigenvalue weighted by atomic mass is 9.93. The van der Waals surface area contributed by atoms with Crippen molar-refractivity contribution in [2.24, 2.45) is 0 Å². The van der Waals surface area contributed by atoms with Crippen LogP contribution in [-0.4, -0.2) is 11.5 Å². The topological polar surface area (TPSA) is 47.6 Å². The molecule has 0 aromatic heterocycles. The van der Waals surface area contributed by atoms with E-state index in [-0.39, 0.29) is 0 Å². The van der Waals surface area contributed by atoms with Crippen LogP contribution in [0.2, 0.25) is 0 Å². The Morgan fingerprint density at radius 3 is 1.14 bits per heavy atom. The van der Waals surface area contributed by atoms with Gasteiger partial charge in [0.15, 0.2) is 0 Å². The van der Waals surface area contributed by atoms with E-state index >= 15 is 0 Å². The van der Waals surface area contributed by atoms with Gasteiger partial charge in [-0.1, -0.05) is 123 Å². The molecule has 0 saturated heterocycles. The second-order valence-corrected chi connectivity index (χ2v) is 18.8. The lowest BCUT2D eigenvalue weighted by molar-refractivity contribution is 0.564. The maximum atomic E-state index is 9.54. The van der Waals surface area contributed by atoms with Gasteiger partial charge in [0, 0.05) is 21.0 Å². The minimum atomic E-state index is 0.670.